The summed E-state index contributed by atoms with van der Waals surface area (Å²) in [6, 6.07) is 5.87. The Hall–Kier alpha value is -1.44. The van der Waals surface area contributed by atoms with Crippen molar-refractivity contribution in [2.45, 2.75) is 51.3 Å². The molecule has 1 aromatic carbocycles. The van der Waals surface area contributed by atoms with Gasteiger partial charge in [-0.15, -0.1) is 0 Å². The second-order valence-corrected chi connectivity index (χ2v) is 10.4. The average Bonchev–Trinajstić information content (AvgIpc) is 2.93. The van der Waals surface area contributed by atoms with Crippen LogP contribution < -0.4 is 10.1 Å². The summed E-state index contributed by atoms with van der Waals surface area (Å²) in [4.78, 5) is 12.2. The van der Waals surface area contributed by atoms with Gasteiger partial charge in [-0.3, -0.25) is 4.79 Å². The number of hydrogen-bond acceptors (Lipinski definition) is 4. The number of rotatable bonds is 6. The Bertz CT molecular complexity index is 865. The molecule has 6 nitrogen and oxygen atoms in total. The van der Waals surface area contributed by atoms with Crippen LogP contribution in [0.4, 0.5) is 0 Å². The second-order valence-electron chi connectivity index (χ2n) is 8.19. The van der Waals surface area contributed by atoms with Crippen molar-refractivity contribution in [1.29, 1.82) is 0 Å². The molecular formula is C19H26ClN3O3S. The molecule has 0 radical (unpaired) electrons. The quantitative estimate of drug-likeness (QED) is 0.704. The minimum atomic E-state index is -3.66. The number of carbonyl (C=O) groups is 1. The Balaban J connectivity index is 1.52. The van der Waals surface area contributed by atoms with E-state index in [0.717, 1.165) is 18.6 Å². The zero-order valence-corrected chi connectivity index (χ0v) is 17.5. The first-order valence-electron chi connectivity index (χ1n) is 9.17. The maximum absolute atomic E-state index is 12.2. The predicted octanol–water partition coefficient (Wildman–Crippen LogP) is 3.33. The molecule has 0 saturated heterocycles. The van der Waals surface area contributed by atoms with Gasteiger partial charge in [-0.05, 0) is 54.9 Å². The van der Waals surface area contributed by atoms with Gasteiger partial charge in [0, 0.05) is 29.1 Å². The summed E-state index contributed by atoms with van der Waals surface area (Å²) in [7, 11) is -3.66. The largest absolute Gasteiger partial charge is 0.273 e. The van der Waals surface area contributed by atoms with Gasteiger partial charge in [0.25, 0.3) is 0 Å². The minimum Gasteiger partial charge on any atom is -0.273 e. The van der Waals surface area contributed by atoms with E-state index in [1.807, 2.05) is 0 Å². The van der Waals surface area contributed by atoms with E-state index in [1.165, 1.54) is 30.7 Å². The highest BCUT2D eigenvalue weighted by molar-refractivity contribution is 7.89. The van der Waals surface area contributed by atoms with Crippen molar-refractivity contribution in [2.24, 2.45) is 21.8 Å². The molecule has 2 aliphatic rings. The summed E-state index contributed by atoms with van der Waals surface area (Å²) in [6.45, 7) is 6.79. The number of fused-ring (bicyclic) bond motifs is 2. The van der Waals surface area contributed by atoms with Crippen LogP contribution in [0.5, 0.6) is 0 Å². The molecular weight excluding hydrogens is 386 g/mol. The van der Waals surface area contributed by atoms with Gasteiger partial charge in [-0.25, -0.2) is 18.6 Å². The topological polar surface area (TPSA) is 87.6 Å². The lowest BCUT2D eigenvalue weighted by atomic mass is 9.70. The molecule has 148 valence electrons. The third kappa shape index (κ3) is 3.77. The van der Waals surface area contributed by atoms with E-state index >= 15 is 0 Å². The van der Waals surface area contributed by atoms with Gasteiger partial charge in [-0.1, -0.05) is 32.4 Å². The average molecular weight is 412 g/mol. The van der Waals surface area contributed by atoms with Gasteiger partial charge in [0.15, 0.2) is 0 Å². The van der Waals surface area contributed by atoms with E-state index in [1.54, 1.807) is 0 Å². The molecule has 1 amide bonds. The summed E-state index contributed by atoms with van der Waals surface area (Å²) >= 11 is 5.77. The highest BCUT2D eigenvalue weighted by atomic mass is 35.5. The first kappa shape index (κ1) is 20.3. The van der Waals surface area contributed by atoms with Crippen molar-refractivity contribution in [3.8, 4) is 0 Å². The van der Waals surface area contributed by atoms with Crippen LogP contribution in [0.25, 0.3) is 0 Å². The van der Waals surface area contributed by atoms with Crippen molar-refractivity contribution in [3.63, 3.8) is 0 Å². The van der Waals surface area contributed by atoms with Crippen LogP contribution in [0.1, 0.15) is 46.5 Å². The van der Waals surface area contributed by atoms with Gasteiger partial charge in [0.2, 0.25) is 15.9 Å². The molecule has 2 bridgehead atoms. The number of halogens is 1. The van der Waals surface area contributed by atoms with E-state index in [0.29, 0.717) is 10.9 Å². The van der Waals surface area contributed by atoms with Crippen molar-refractivity contribution in [3.05, 3.63) is 29.3 Å². The maximum atomic E-state index is 12.2. The molecule has 1 aromatic rings. The number of benzene rings is 1. The highest BCUT2D eigenvalue weighted by Crippen LogP contribution is 2.63. The van der Waals surface area contributed by atoms with E-state index in [4.69, 9.17) is 11.6 Å². The van der Waals surface area contributed by atoms with Gasteiger partial charge in [-0.2, -0.15) is 5.10 Å². The number of hydrogen-bond donors (Lipinski definition) is 2. The van der Waals surface area contributed by atoms with E-state index < -0.39 is 10.0 Å². The summed E-state index contributed by atoms with van der Waals surface area (Å²) in [6.07, 6.45) is 3.25. The van der Waals surface area contributed by atoms with Crippen molar-refractivity contribution < 1.29 is 13.2 Å². The summed E-state index contributed by atoms with van der Waals surface area (Å²) in [5, 5.41) is 4.84. The molecule has 0 spiro atoms. The summed E-state index contributed by atoms with van der Waals surface area (Å²) < 4.78 is 26.8. The third-order valence-corrected chi connectivity index (χ3v) is 8.32. The van der Waals surface area contributed by atoms with Crippen molar-refractivity contribution >= 4 is 33.2 Å². The van der Waals surface area contributed by atoms with Crippen LogP contribution in [0.2, 0.25) is 5.02 Å². The Morgan fingerprint density at radius 2 is 1.93 bits per heavy atom. The maximum Gasteiger partial charge on any atom is 0.241 e. The van der Waals surface area contributed by atoms with E-state index in [2.05, 4.69) is 36.0 Å². The molecule has 2 N–H and O–H groups in total. The minimum absolute atomic E-state index is 0.00698. The Morgan fingerprint density at radius 1 is 1.26 bits per heavy atom. The second kappa shape index (κ2) is 7.18. The van der Waals surface area contributed by atoms with Crippen molar-refractivity contribution in [1.82, 2.24) is 10.1 Å². The standard InChI is InChI=1S/C19H26ClN3O3S/c1-18(2)13-8-10-19(18,3)16(12-13)22-23-17(24)9-11-21-27(25,26)15-6-4-14(20)5-7-15/h4-7,13,21H,8-12H2,1-3H3,(H,23,24)/b22-16+/t13-,19-/m1/s1. The fourth-order valence-electron chi connectivity index (χ4n) is 4.28. The van der Waals surface area contributed by atoms with Crippen LogP contribution in [-0.2, 0) is 14.8 Å². The number of nitrogens with one attached hydrogen (secondary N) is 2. The van der Waals surface area contributed by atoms with Crippen molar-refractivity contribution in [2.75, 3.05) is 6.54 Å². The summed E-state index contributed by atoms with van der Waals surface area (Å²) in [5.41, 5.74) is 3.89. The number of nitrogens with zero attached hydrogens (tertiary/aromatic N) is 1. The molecule has 2 atom stereocenters. The Labute approximate surface area is 165 Å². The van der Waals surface area contributed by atoms with Crippen LogP contribution in [0.15, 0.2) is 34.3 Å². The highest BCUT2D eigenvalue weighted by Gasteiger charge is 2.59. The van der Waals surface area contributed by atoms with Gasteiger partial charge < -0.3 is 0 Å². The first-order valence-corrected chi connectivity index (χ1v) is 11.0. The molecule has 3 rings (SSSR count). The monoisotopic (exact) mass is 411 g/mol. The molecule has 2 saturated carbocycles. The van der Waals surface area contributed by atoms with Crippen LogP contribution >= 0.6 is 11.6 Å². The number of hydrazone groups is 1. The third-order valence-electron chi connectivity index (χ3n) is 6.60. The van der Waals surface area contributed by atoms with E-state index in [-0.39, 0.29) is 34.6 Å². The van der Waals surface area contributed by atoms with E-state index in [9.17, 15) is 13.2 Å². The Kier molecular flexibility index (Phi) is 5.40. The summed E-state index contributed by atoms with van der Waals surface area (Å²) in [5.74, 6) is 0.315. The molecule has 2 aliphatic carbocycles. The Morgan fingerprint density at radius 3 is 2.48 bits per heavy atom. The van der Waals surface area contributed by atoms with Gasteiger partial charge in [0.1, 0.15) is 0 Å². The number of sulfonamides is 1. The molecule has 27 heavy (non-hydrogen) atoms. The molecule has 8 heteroatoms. The molecule has 2 fully saturated rings. The lowest BCUT2D eigenvalue weighted by Crippen LogP contribution is -2.34. The molecule has 0 aromatic heterocycles. The van der Waals surface area contributed by atoms with Crippen LogP contribution in [-0.4, -0.2) is 26.6 Å². The number of amides is 1. The fraction of sp³-hybridized carbons (Fsp3) is 0.579. The van der Waals surface area contributed by atoms with Gasteiger partial charge >= 0.3 is 0 Å². The molecule has 0 heterocycles. The smallest absolute Gasteiger partial charge is 0.241 e. The zero-order valence-electron chi connectivity index (χ0n) is 15.9. The van der Waals surface area contributed by atoms with Crippen LogP contribution in [0, 0.1) is 16.7 Å². The molecule has 0 unspecified atom stereocenters. The normalized spacial score (nSPS) is 27.9. The number of carbonyl (C=O) groups excluding carboxylic acids is 1. The zero-order chi connectivity index (χ0) is 19.9. The lowest BCUT2D eigenvalue weighted by Gasteiger charge is -2.34. The SMILES string of the molecule is CC1(C)[C@@H]2CC[C@]1(C)/C(=N/NC(=O)CCNS(=O)(=O)c1ccc(Cl)cc1)C2. The molecule has 0 aliphatic heterocycles. The predicted molar refractivity (Wildman–Crippen MR) is 106 cm³/mol. The van der Waals surface area contributed by atoms with Crippen LogP contribution in [0.3, 0.4) is 0 Å². The lowest BCUT2D eigenvalue weighted by molar-refractivity contribution is -0.120. The fourth-order valence-corrected chi connectivity index (χ4v) is 5.44. The van der Waals surface area contributed by atoms with Gasteiger partial charge in [0.05, 0.1) is 4.90 Å². The first-order chi connectivity index (χ1) is 12.6.